The van der Waals surface area contributed by atoms with Crippen molar-refractivity contribution >= 4 is 29.1 Å². The first-order valence-electron chi connectivity index (χ1n) is 12.9. The zero-order chi connectivity index (χ0) is 25.9. The highest BCUT2D eigenvalue weighted by atomic mass is 19.2. The zero-order valence-corrected chi connectivity index (χ0v) is 21.6. The molecule has 10 heteroatoms. The maximum atomic E-state index is 14.9. The zero-order valence-electron chi connectivity index (χ0n) is 21.6. The smallest absolute Gasteiger partial charge is 0.226 e. The van der Waals surface area contributed by atoms with E-state index in [2.05, 4.69) is 39.3 Å². The average Bonchev–Trinajstić information content (AvgIpc) is 3.26. The predicted octanol–water partition coefficient (Wildman–Crippen LogP) is 4.65. The van der Waals surface area contributed by atoms with Crippen LogP contribution in [0.1, 0.15) is 37.9 Å². The minimum atomic E-state index is -0.868. The Balaban J connectivity index is 1.32. The highest BCUT2D eigenvalue weighted by molar-refractivity contribution is 5.76. The third-order valence-corrected chi connectivity index (χ3v) is 8.08. The summed E-state index contributed by atoms with van der Waals surface area (Å²) >= 11 is 0. The van der Waals surface area contributed by atoms with Crippen molar-refractivity contribution in [2.75, 3.05) is 47.1 Å². The van der Waals surface area contributed by atoms with Gasteiger partial charge in [-0.1, -0.05) is 19.9 Å². The Morgan fingerprint density at radius 1 is 1.05 bits per heavy atom. The quantitative estimate of drug-likeness (QED) is 0.518. The largest absolute Gasteiger partial charge is 0.373 e. The number of halogens is 2. The van der Waals surface area contributed by atoms with Crippen molar-refractivity contribution in [2.24, 2.45) is 11.8 Å². The Hall–Kier alpha value is -3.56. The van der Waals surface area contributed by atoms with Gasteiger partial charge in [-0.2, -0.15) is 9.97 Å². The molecule has 1 saturated carbocycles. The molecule has 0 amide bonds. The topological polar surface area (TPSA) is 82.1 Å². The van der Waals surface area contributed by atoms with Gasteiger partial charge in [0, 0.05) is 55.5 Å². The molecule has 8 nitrogen and oxygen atoms in total. The summed E-state index contributed by atoms with van der Waals surface area (Å²) in [4.78, 5) is 22.6. The van der Waals surface area contributed by atoms with Gasteiger partial charge in [-0.05, 0) is 43.7 Å². The van der Waals surface area contributed by atoms with E-state index in [1.54, 1.807) is 17.3 Å². The molecule has 2 aromatic heterocycles. The van der Waals surface area contributed by atoms with Crippen molar-refractivity contribution < 1.29 is 8.78 Å². The number of benzene rings is 1. The van der Waals surface area contributed by atoms with Gasteiger partial charge in [0.1, 0.15) is 23.8 Å². The number of nitrogens with one attached hydrogen (secondary N) is 2. The van der Waals surface area contributed by atoms with E-state index >= 15 is 0 Å². The van der Waals surface area contributed by atoms with Gasteiger partial charge in [-0.25, -0.2) is 18.7 Å². The van der Waals surface area contributed by atoms with E-state index in [9.17, 15) is 8.78 Å². The first kappa shape index (κ1) is 23.8. The molecule has 1 saturated heterocycles. The van der Waals surface area contributed by atoms with Crippen LogP contribution < -0.4 is 20.4 Å². The number of anilines is 5. The summed E-state index contributed by atoms with van der Waals surface area (Å²) in [6, 6.07) is 6.54. The fourth-order valence-electron chi connectivity index (χ4n) is 6.37. The monoisotopic (exact) mass is 506 g/mol. The molecule has 2 bridgehead atoms. The third-order valence-electron chi connectivity index (χ3n) is 8.08. The van der Waals surface area contributed by atoms with Gasteiger partial charge in [-0.15, -0.1) is 0 Å². The fourth-order valence-corrected chi connectivity index (χ4v) is 6.37. The van der Waals surface area contributed by atoms with Gasteiger partial charge >= 0.3 is 0 Å². The van der Waals surface area contributed by atoms with E-state index in [-0.39, 0.29) is 17.1 Å². The Kier molecular flexibility index (Phi) is 5.65. The Morgan fingerprint density at radius 3 is 2.51 bits per heavy atom. The Morgan fingerprint density at radius 2 is 1.81 bits per heavy atom. The number of hydrogen-bond donors (Lipinski definition) is 2. The molecule has 2 unspecified atom stereocenters. The van der Waals surface area contributed by atoms with Gasteiger partial charge in [0.25, 0.3) is 0 Å². The number of nitrogens with zero attached hydrogens (tertiary/aromatic N) is 6. The average molecular weight is 507 g/mol. The van der Waals surface area contributed by atoms with E-state index < -0.39 is 11.6 Å². The number of rotatable bonds is 5. The second-order valence-electron chi connectivity index (χ2n) is 11.1. The molecular formula is C27H32F2N8. The summed E-state index contributed by atoms with van der Waals surface area (Å²) in [7, 11) is 1.83. The van der Waals surface area contributed by atoms with Crippen LogP contribution in [0.5, 0.6) is 0 Å². The van der Waals surface area contributed by atoms with E-state index in [4.69, 9.17) is 9.97 Å². The van der Waals surface area contributed by atoms with Crippen LogP contribution in [0.2, 0.25) is 0 Å². The van der Waals surface area contributed by atoms with Crippen LogP contribution in [0.4, 0.5) is 37.9 Å². The molecule has 6 rings (SSSR count). The normalized spacial score (nSPS) is 23.8. The summed E-state index contributed by atoms with van der Waals surface area (Å²) in [6.45, 7) is 8.41. The lowest BCUT2D eigenvalue weighted by Gasteiger charge is -2.39. The highest BCUT2D eigenvalue weighted by Gasteiger charge is 2.44. The van der Waals surface area contributed by atoms with Crippen molar-refractivity contribution in [3.63, 3.8) is 0 Å². The number of aromatic nitrogens is 4. The summed E-state index contributed by atoms with van der Waals surface area (Å²) in [6.07, 6.45) is 3.88. The van der Waals surface area contributed by atoms with Crippen LogP contribution in [-0.4, -0.2) is 52.7 Å². The maximum Gasteiger partial charge on any atom is 0.226 e. The predicted molar refractivity (Wildman–Crippen MR) is 141 cm³/mol. The van der Waals surface area contributed by atoms with Gasteiger partial charge in [0.2, 0.25) is 5.95 Å². The number of fused-ring (bicyclic) bond motifs is 3. The number of hydrogen-bond acceptors (Lipinski definition) is 8. The SMILES string of the molecule is CNc1nc(NC2C3CCC2CN(c2cc(C)ncn2)C3)nc2c1C(C)(C)CN2c1cccc(F)c1F. The van der Waals surface area contributed by atoms with Gasteiger partial charge in [0.15, 0.2) is 11.6 Å². The number of aryl methyl sites for hydroxylation is 1. The molecule has 1 aliphatic carbocycles. The minimum absolute atomic E-state index is 0.187. The second-order valence-corrected chi connectivity index (χ2v) is 11.1. The molecule has 0 spiro atoms. The van der Waals surface area contributed by atoms with Crippen LogP contribution in [-0.2, 0) is 5.41 Å². The van der Waals surface area contributed by atoms with Crippen molar-refractivity contribution in [3.05, 3.63) is 53.5 Å². The van der Waals surface area contributed by atoms with E-state index in [1.165, 1.54) is 6.07 Å². The highest BCUT2D eigenvalue weighted by Crippen LogP contribution is 2.48. The molecule has 2 aliphatic heterocycles. The lowest BCUT2D eigenvalue weighted by molar-refractivity contribution is 0.375. The Labute approximate surface area is 215 Å². The molecule has 37 heavy (non-hydrogen) atoms. The maximum absolute atomic E-state index is 14.9. The molecular weight excluding hydrogens is 474 g/mol. The van der Waals surface area contributed by atoms with E-state index in [1.807, 2.05) is 20.0 Å². The molecule has 0 radical (unpaired) electrons. The van der Waals surface area contributed by atoms with Crippen molar-refractivity contribution in [1.82, 2.24) is 19.9 Å². The molecule has 3 aliphatic rings. The van der Waals surface area contributed by atoms with Crippen LogP contribution in [0.25, 0.3) is 0 Å². The lowest BCUT2D eigenvalue weighted by atomic mass is 9.88. The molecule has 2 N–H and O–H groups in total. The molecule has 194 valence electrons. The van der Waals surface area contributed by atoms with Crippen LogP contribution in [0.15, 0.2) is 30.6 Å². The summed E-state index contributed by atoms with van der Waals surface area (Å²) in [5, 5.41) is 6.86. The Bertz CT molecular complexity index is 1330. The molecule has 2 fully saturated rings. The van der Waals surface area contributed by atoms with Crippen LogP contribution >= 0.6 is 0 Å². The molecule has 4 heterocycles. The third kappa shape index (κ3) is 4.02. The first-order valence-corrected chi connectivity index (χ1v) is 12.9. The summed E-state index contributed by atoms with van der Waals surface area (Å²) in [5.74, 6) is 1.92. The minimum Gasteiger partial charge on any atom is -0.373 e. The molecule has 1 aromatic carbocycles. The van der Waals surface area contributed by atoms with Gasteiger partial charge in [0.05, 0.1) is 5.69 Å². The first-order chi connectivity index (χ1) is 17.7. The fraction of sp³-hybridized carbons (Fsp3) is 0.481. The number of piperidine rings is 1. The van der Waals surface area contributed by atoms with E-state index in [0.29, 0.717) is 36.0 Å². The molecule has 3 aromatic rings. The van der Waals surface area contributed by atoms with Gasteiger partial charge in [-0.3, -0.25) is 0 Å². The van der Waals surface area contributed by atoms with Gasteiger partial charge < -0.3 is 20.4 Å². The summed E-state index contributed by atoms with van der Waals surface area (Å²) in [5.41, 5.74) is 1.70. The van der Waals surface area contributed by atoms with Crippen LogP contribution in [0, 0.1) is 30.4 Å². The second kappa shape index (κ2) is 8.78. The van der Waals surface area contributed by atoms with Crippen LogP contribution in [0.3, 0.4) is 0 Å². The standard InChI is InChI=1S/C27H32F2N8/c1-15-10-20(32-14-31-15)36-11-16-8-9-17(12-36)23(16)33-26-34-24(30-4)21-25(35-26)37(13-27(21,2)3)19-7-5-6-18(28)22(19)29/h5-7,10,14,16-17,23H,8-9,11-13H2,1-4H3,(H2,30,33,34,35). The lowest BCUT2D eigenvalue weighted by Crippen LogP contribution is -2.48. The van der Waals surface area contributed by atoms with E-state index in [0.717, 1.165) is 49.1 Å². The van der Waals surface area contributed by atoms with Crippen molar-refractivity contribution in [3.8, 4) is 0 Å². The molecule has 2 atom stereocenters. The van der Waals surface area contributed by atoms with Crippen molar-refractivity contribution in [2.45, 2.75) is 45.1 Å². The van der Waals surface area contributed by atoms with Crippen molar-refractivity contribution in [1.29, 1.82) is 0 Å². The summed E-state index contributed by atoms with van der Waals surface area (Å²) < 4.78 is 29.0.